The maximum Gasteiger partial charge on any atom is 0.322 e. The van der Waals surface area contributed by atoms with Crippen LogP contribution in [0.1, 0.15) is 5.56 Å². The smallest absolute Gasteiger partial charge is 0.322 e. The van der Waals surface area contributed by atoms with E-state index in [9.17, 15) is 18.8 Å². The molecular weight excluding hydrogens is 449 g/mol. The van der Waals surface area contributed by atoms with Crippen LogP contribution in [0.5, 0.6) is 0 Å². The van der Waals surface area contributed by atoms with Crippen molar-refractivity contribution in [2.45, 2.75) is 12.6 Å². The fourth-order valence-corrected chi connectivity index (χ4v) is 3.79. The van der Waals surface area contributed by atoms with Gasteiger partial charge >= 0.3 is 12.1 Å². The number of carbonyl (C=O) groups excluding carboxylic acids is 3. The van der Waals surface area contributed by atoms with Gasteiger partial charge in [-0.1, -0.05) is 48.5 Å². The molecule has 0 bridgehead atoms. The summed E-state index contributed by atoms with van der Waals surface area (Å²) in [6, 6.07) is 22.1. The van der Waals surface area contributed by atoms with Gasteiger partial charge in [-0.05, 0) is 42.0 Å². The number of piperazine rings is 1. The Morgan fingerprint density at radius 3 is 2.06 bits per heavy atom. The number of hydrogen-bond donors (Lipinski definition) is 3. The monoisotopic (exact) mass is 475 g/mol. The van der Waals surface area contributed by atoms with Gasteiger partial charge in [0.25, 0.3) is 0 Å². The second-order valence-electron chi connectivity index (χ2n) is 8.09. The first-order valence-corrected chi connectivity index (χ1v) is 11.3. The Hall–Kier alpha value is -4.40. The number of anilines is 2. The SMILES string of the molecule is O=C(NCc1ccccc1)C1CN(C(=O)Nc2ccc(F)cc2)CCN1C(=O)Nc1ccccc1. The highest BCUT2D eigenvalue weighted by Crippen LogP contribution is 2.16. The Bertz CT molecular complexity index is 1160. The van der Waals surface area contributed by atoms with E-state index in [0.29, 0.717) is 17.9 Å². The molecule has 1 saturated heterocycles. The molecule has 1 fully saturated rings. The summed E-state index contributed by atoms with van der Waals surface area (Å²) in [5.41, 5.74) is 1.96. The van der Waals surface area contributed by atoms with E-state index in [1.165, 1.54) is 34.1 Å². The van der Waals surface area contributed by atoms with Gasteiger partial charge in [0.15, 0.2) is 0 Å². The molecule has 0 spiro atoms. The quantitative estimate of drug-likeness (QED) is 0.523. The Morgan fingerprint density at radius 2 is 1.37 bits per heavy atom. The molecule has 1 heterocycles. The lowest BCUT2D eigenvalue weighted by Gasteiger charge is -2.40. The molecule has 180 valence electrons. The van der Waals surface area contributed by atoms with Crippen LogP contribution < -0.4 is 16.0 Å². The minimum absolute atomic E-state index is 0.00978. The van der Waals surface area contributed by atoms with Crippen molar-refractivity contribution in [1.82, 2.24) is 15.1 Å². The van der Waals surface area contributed by atoms with Crippen LogP contribution >= 0.6 is 0 Å². The molecule has 3 aromatic rings. The Balaban J connectivity index is 1.46. The molecule has 1 unspecified atom stereocenters. The van der Waals surface area contributed by atoms with Crippen molar-refractivity contribution in [2.75, 3.05) is 30.3 Å². The van der Waals surface area contributed by atoms with E-state index in [4.69, 9.17) is 0 Å². The molecule has 1 atom stereocenters. The second kappa shape index (κ2) is 11.1. The number of urea groups is 2. The Kier molecular flexibility index (Phi) is 7.57. The number of para-hydroxylation sites is 1. The third-order valence-electron chi connectivity index (χ3n) is 5.66. The number of benzene rings is 3. The summed E-state index contributed by atoms with van der Waals surface area (Å²) in [5.74, 6) is -0.771. The summed E-state index contributed by atoms with van der Waals surface area (Å²) in [7, 11) is 0. The first-order valence-electron chi connectivity index (χ1n) is 11.3. The van der Waals surface area contributed by atoms with Crippen LogP contribution in [0.2, 0.25) is 0 Å². The van der Waals surface area contributed by atoms with Crippen molar-refractivity contribution in [3.05, 3.63) is 96.3 Å². The van der Waals surface area contributed by atoms with Crippen LogP contribution in [0.15, 0.2) is 84.9 Å². The number of amides is 5. The number of nitrogens with one attached hydrogen (secondary N) is 3. The maximum atomic E-state index is 13.2. The molecule has 8 nitrogen and oxygen atoms in total. The van der Waals surface area contributed by atoms with E-state index in [0.717, 1.165) is 5.56 Å². The first kappa shape index (κ1) is 23.7. The van der Waals surface area contributed by atoms with Gasteiger partial charge in [-0.15, -0.1) is 0 Å². The Labute approximate surface area is 202 Å². The highest BCUT2D eigenvalue weighted by Gasteiger charge is 2.37. The van der Waals surface area contributed by atoms with Crippen molar-refractivity contribution in [2.24, 2.45) is 0 Å². The van der Waals surface area contributed by atoms with Gasteiger partial charge in [0.2, 0.25) is 5.91 Å². The molecule has 1 aliphatic rings. The predicted molar refractivity (Wildman–Crippen MR) is 131 cm³/mol. The van der Waals surface area contributed by atoms with Gasteiger partial charge < -0.3 is 25.8 Å². The van der Waals surface area contributed by atoms with Crippen LogP contribution in [0.3, 0.4) is 0 Å². The highest BCUT2D eigenvalue weighted by molar-refractivity contribution is 5.95. The van der Waals surface area contributed by atoms with Crippen molar-refractivity contribution in [1.29, 1.82) is 0 Å². The van der Waals surface area contributed by atoms with Crippen LogP contribution in [-0.4, -0.2) is 53.4 Å². The summed E-state index contributed by atoms with van der Waals surface area (Å²) in [4.78, 5) is 42.0. The van der Waals surface area contributed by atoms with E-state index < -0.39 is 23.9 Å². The fraction of sp³-hybridized carbons (Fsp3) is 0.192. The minimum atomic E-state index is -0.893. The minimum Gasteiger partial charge on any atom is -0.350 e. The summed E-state index contributed by atoms with van der Waals surface area (Å²) in [5, 5.41) is 8.39. The fourth-order valence-electron chi connectivity index (χ4n) is 3.79. The summed E-state index contributed by atoms with van der Waals surface area (Å²) < 4.78 is 13.2. The van der Waals surface area contributed by atoms with Crippen molar-refractivity contribution < 1.29 is 18.8 Å². The topological polar surface area (TPSA) is 93.8 Å². The lowest BCUT2D eigenvalue weighted by atomic mass is 10.1. The lowest BCUT2D eigenvalue weighted by molar-refractivity contribution is -0.127. The summed E-state index contributed by atoms with van der Waals surface area (Å²) in [6.45, 7) is 0.707. The molecule has 5 amide bonds. The van der Waals surface area contributed by atoms with Crippen LogP contribution in [0.4, 0.5) is 25.4 Å². The molecule has 0 aromatic heterocycles. The van der Waals surface area contributed by atoms with E-state index >= 15 is 0 Å². The van der Waals surface area contributed by atoms with E-state index in [1.54, 1.807) is 24.3 Å². The molecular formula is C26H26FN5O3. The van der Waals surface area contributed by atoms with E-state index in [2.05, 4.69) is 16.0 Å². The number of nitrogens with zero attached hydrogens (tertiary/aromatic N) is 2. The zero-order chi connectivity index (χ0) is 24.6. The maximum absolute atomic E-state index is 13.2. The number of hydrogen-bond acceptors (Lipinski definition) is 3. The molecule has 0 saturated carbocycles. The van der Waals surface area contributed by atoms with E-state index in [-0.39, 0.29) is 25.5 Å². The second-order valence-corrected chi connectivity index (χ2v) is 8.09. The van der Waals surface area contributed by atoms with Gasteiger partial charge in [0, 0.05) is 31.0 Å². The standard InChI is InChI=1S/C26H26FN5O3/c27-20-11-13-22(14-12-20)29-25(34)31-15-16-32(26(35)30-21-9-5-2-6-10-21)23(18-31)24(33)28-17-19-7-3-1-4-8-19/h1-14,23H,15-18H2,(H,28,33)(H,29,34)(H,30,35). The highest BCUT2D eigenvalue weighted by atomic mass is 19.1. The molecule has 0 aliphatic carbocycles. The summed E-state index contributed by atoms with van der Waals surface area (Å²) in [6.07, 6.45) is 0. The zero-order valence-electron chi connectivity index (χ0n) is 19.0. The van der Waals surface area contributed by atoms with Gasteiger partial charge in [-0.2, -0.15) is 0 Å². The number of rotatable bonds is 5. The average molecular weight is 476 g/mol. The molecule has 3 aromatic carbocycles. The Morgan fingerprint density at radius 1 is 0.771 bits per heavy atom. The zero-order valence-corrected chi connectivity index (χ0v) is 19.0. The van der Waals surface area contributed by atoms with Crippen molar-refractivity contribution >= 4 is 29.3 Å². The molecule has 35 heavy (non-hydrogen) atoms. The first-order chi connectivity index (χ1) is 17.0. The van der Waals surface area contributed by atoms with Crippen LogP contribution in [0.25, 0.3) is 0 Å². The third-order valence-corrected chi connectivity index (χ3v) is 5.66. The lowest BCUT2D eigenvalue weighted by Crippen LogP contribution is -2.62. The van der Waals surface area contributed by atoms with Crippen LogP contribution in [-0.2, 0) is 11.3 Å². The number of halogens is 1. The third kappa shape index (κ3) is 6.35. The van der Waals surface area contributed by atoms with E-state index in [1.807, 2.05) is 36.4 Å². The largest absolute Gasteiger partial charge is 0.350 e. The number of carbonyl (C=O) groups is 3. The molecule has 4 rings (SSSR count). The normalized spacial score (nSPS) is 15.3. The van der Waals surface area contributed by atoms with Crippen LogP contribution in [0, 0.1) is 5.82 Å². The van der Waals surface area contributed by atoms with Crippen molar-refractivity contribution in [3.63, 3.8) is 0 Å². The molecule has 3 N–H and O–H groups in total. The van der Waals surface area contributed by atoms with Gasteiger partial charge in [0.05, 0.1) is 6.54 Å². The molecule has 9 heteroatoms. The van der Waals surface area contributed by atoms with Gasteiger partial charge in [0.1, 0.15) is 11.9 Å². The van der Waals surface area contributed by atoms with Gasteiger partial charge in [-0.25, -0.2) is 14.0 Å². The summed E-state index contributed by atoms with van der Waals surface area (Å²) >= 11 is 0. The van der Waals surface area contributed by atoms with Gasteiger partial charge in [-0.3, -0.25) is 4.79 Å². The molecule has 1 aliphatic heterocycles. The predicted octanol–water partition coefficient (Wildman–Crippen LogP) is 3.89. The average Bonchev–Trinajstić information content (AvgIpc) is 2.89. The molecule has 0 radical (unpaired) electrons. The van der Waals surface area contributed by atoms with Crippen molar-refractivity contribution in [3.8, 4) is 0 Å².